The highest BCUT2D eigenvalue weighted by Crippen LogP contribution is 2.35. The number of hydrogen-bond donors (Lipinski definition) is 0. The van der Waals surface area contributed by atoms with Crippen molar-refractivity contribution in [3.8, 4) is 22.6 Å². The number of para-hydroxylation sites is 2. The molecular formula is C20H12F3NO. The van der Waals surface area contributed by atoms with Gasteiger partial charge in [-0.3, -0.25) is 0 Å². The minimum Gasteiger partial charge on any atom is -0.436 e. The van der Waals surface area contributed by atoms with Crippen LogP contribution in [0.2, 0.25) is 0 Å². The van der Waals surface area contributed by atoms with Gasteiger partial charge in [0.15, 0.2) is 5.58 Å². The van der Waals surface area contributed by atoms with Crippen LogP contribution in [0.25, 0.3) is 33.7 Å². The lowest BCUT2D eigenvalue weighted by Gasteiger charge is -2.10. The average molecular weight is 339 g/mol. The summed E-state index contributed by atoms with van der Waals surface area (Å²) in [6.45, 7) is 0. The van der Waals surface area contributed by atoms with Crippen LogP contribution in [-0.4, -0.2) is 4.98 Å². The molecule has 3 aromatic carbocycles. The van der Waals surface area contributed by atoms with E-state index in [1.54, 1.807) is 0 Å². The minimum atomic E-state index is -4.35. The molecule has 4 rings (SSSR count). The lowest BCUT2D eigenvalue weighted by atomic mass is 9.98. The SMILES string of the molecule is FC(F)(F)c1ccc(-c2ccccc2-c2nc3ccccc3o2)cc1. The highest BCUT2D eigenvalue weighted by atomic mass is 19.4. The highest BCUT2D eigenvalue weighted by molar-refractivity contribution is 5.83. The van der Waals surface area contributed by atoms with Crippen LogP contribution in [0.5, 0.6) is 0 Å². The zero-order valence-electron chi connectivity index (χ0n) is 12.9. The second kappa shape index (κ2) is 5.77. The molecule has 4 aromatic rings. The Morgan fingerprint density at radius 1 is 0.720 bits per heavy atom. The standard InChI is InChI=1S/C20H12F3NO/c21-20(22,23)14-11-9-13(10-12-14)15-5-1-2-6-16(15)19-24-17-7-3-4-8-18(17)25-19/h1-12H. The largest absolute Gasteiger partial charge is 0.436 e. The monoisotopic (exact) mass is 339 g/mol. The van der Waals surface area contributed by atoms with Crippen LogP contribution in [0, 0.1) is 0 Å². The van der Waals surface area contributed by atoms with Gasteiger partial charge < -0.3 is 4.42 Å². The minimum absolute atomic E-state index is 0.441. The van der Waals surface area contributed by atoms with E-state index in [9.17, 15) is 13.2 Å². The molecule has 0 saturated carbocycles. The molecule has 2 nitrogen and oxygen atoms in total. The van der Waals surface area contributed by atoms with E-state index in [2.05, 4.69) is 4.98 Å². The third kappa shape index (κ3) is 2.89. The van der Waals surface area contributed by atoms with Crippen LogP contribution in [-0.2, 0) is 6.18 Å². The first-order valence-corrected chi connectivity index (χ1v) is 7.65. The molecule has 0 N–H and O–H groups in total. The molecule has 0 aliphatic carbocycles. The molecule has 124 valence electrons. The molecule has 0 spiro atoms. The summed E-state index contributed by atoms with van der Waals surface area (Å²) < 4.78 is 44.1. The second-order valence-electron chi connectivity index (χ2n) is 5.61. The normalized spacial score (nSPS) is 11.8. The summed E-state index contributed by atoms with van der Waals surface area (Å²) in [5.74, 6) is 0.441. The molecule has 0 aliphatic heterocycles. The number of alkyl halides is 3. The number of fused-ring (bicyclic) bond motifs is 1. The zero-order valence-corrected chi connectivity index (χ0v) is 12.9. The summed E-state index contributed by atoms with van der Waals surface area (Å²) in [5.41, 5.74) is 2.90. The Bertz CT molecular complexity index is 1000. The molecule has 0 fully saturated rings. The molecule has 0 unspecified atom stereocenters. The van der Waals surface area contributed by atoms with Crippen molar-refractivity contribution in [3.63, 3.8) is 0 Å². The molecule has 0 radical (unpaired) electrons. The number of nitrogens with zero attached hydrogens (tertiary/aromatic N) is 1. The fraction of sp³-hybridized carbons (Fsp3) is 0.0500. The van der Waals surface area contributed by atoms with Gasteiger partial charge in [0.2, 0.25) is 5.89 Å². The maximum absolute atomic E-state index is 12.8. The van der Waals surface area contributed by atoms with Crippen LogP contribution in [0.3, 0.4) is 0 Å². The predicted molar refractivity (Wildman–Crippen MR) is 89.9 cm³/mol. The molecule has 1 heterocycles. The van der Waals surface area contributed by atoms with Gasteiger partial charge in [0.05, 0.1) is 5.56 Å². The lowest BCUT2D eigenvalue weighted by molar-refractivity contribution is -0.137. The highest BCUT2D eigenvalue weighted by Gasteiger charge is 2.30. The van der Waals surface area contributed by atoms with Crippen molar-refractivity contribution in [2.75, 3.05) is 0 Å². The van der Waals surface area contributed by atoms with E-state index in [0.717, 1.165) is 28.8 Å². The molecule has 0 aliphatic rings. The number of aromatic nitrogens is 1. The van der Waals surface area contributed by atoms with Crippen molar-refractivity contribution >= 4 is 11.1 Å². The first-order valence-electron chi connectivity index (χ1n) is 7.65. The number of rotatable bonds is 2. The van der Waals surface area contributed by atoms with Crippen LogP contribution >= 0.6 is 0 Å². The molecule has 1 aromatic heterocycles. The quantitative estimate of drug-likeness (QED) is 0.436. The van der Waals surface area contributed by atoms with Gasteiger partial charge in [-0.1, -0.05) is 42.5 Å². The van der Waals surface area contributed by atoms with Gasteiger partial charge in [-0.25, -0.2) is 4.98 Å². The Labute approximate surface area is 141 Å². The zero-order chi connectivity index (χ0) is 17.4. The van der Waals surface area contributed by atoms with Gasteiger partial charge in [0, 0.05) is 5.56 Å². The summed E-state index contributed by atoms with van der Waals surface area (Å²) in [7, 11) is 0. The lowest BCUT2D eigenvalue weighted by Crippen LogP contribution is -2.04. The van der Waals surface area contributed by atoms with E-state index in [1.165, 1.54) is 12.1 Å². The Balaban J connectivity index is 1.81. The van der Waals surface area contributed by atoms with Crippen LogP contribution in [0.15, 0.2) is 77.2 Å². The third-order valence-electron chi connectivity index (χ3n) is 3.97. The third-order valence-corrected chi connectivity index (χ3v) is 3.97. The second-order valence-corrected chi connectivity index (χ2v) is 5.61. The first-order chi connectivity index (χ1) is 12.0. The van der Waals surface area contributed by atoms with E-state index >= 15 is 0 Å². The van der Waals surface area contributed by atoms with Gasteiger partial charge in [-0.05, 0) is 41.5 Å². The topological polar surface area (TPSA) is 26.0 Å². The smallest absolute Gasteiger partial charge is 0.416 e. The van der Waals surface area contributed by atoms with Crippen molar-refractivity contribution in [1.29, 1.82) is 0 Å². The Morgan fingerprint density at radius 2 is 1.36 bits per heavy atom. The van der Waals surface area contributed by atoms with Crippen LogP contribution in [0.4, 0.5) is 13.2 Å². The van der Waals surface area contributed by atoms with Crippen molar-refractivity contribution in [2.24, 2.45) is 0 Å². The fourth-order valence-corrected chi connectivity index (χ4v) is 2.75. The average Bonchev–Trinajstić information content (AvgIpc) is 3.05. The summed E-state index contributed by atoms with van der Waals surface area (Å²) in [5, 5.41) is 0. The molecule has 0 atom stereocenters. The van der Waals surface area contributed by atoms with Gasteiger partial charge in [0.1, 0.15) is 5.52 Å². The maximum Gasteiger partial charge on any atom is 0.416 e. The van der Waals surface area contributed by atoms with Gasteiger partial charge >= 0.3 is 6.18 Å². The van der Waals surface area contributed by atoms with Crippen LogP contribution in [0.1, 0.15) is 5.56 Å². The van der Waals surface area contributed by atoms with Crippen molar-refractivity contribution in [3.05, 3.63) is 78.4 Å². The number of oxazole rings is 1. The van der Waals surface area contributed by atoms with Gasteiger partial charge in [-0.2, -0.15) is 13.2 Å². The Kier molecular flexibility index (Phi) is 3.57. The first kappa shape index (κ1) is 15.4. The molecule has 0 amide bonds. The molecule has 5 heteroatoms. The molecule has 25 heavy (non-hydrogen) atoms. The Hall–Kier alpha value is -3.08. The van der Waals surface area contributed by atoms with E-state index in [0.29, 0.717) is 17.0 Å². The Morgan fingerprint density at radius 3 is 2.04 bits per heavy atom. The number of halogens is 3. The summed E-state index contributed by atoms with van der Waals surface area (Å²) in [6, 6.07) is 19.9. The van der Waals surface area contributed by atoms with Crippen molar-refractivity contribution in [1.82, 2.24) is 4.98 Å². The van der Waals surface area contributed by atoms with E-state index in [-0.39, 0.29) is 0 Å². The molecular weight excluding hydrogens is 327 g/mol. The summed E-state index contributed by atoms with van der Waals surface area (Å²) in [6.07, 6.45) is -4.35. The molecule has 0 saturated heterocycles. The molecule has 0 bridgehead atoms. The number of benzene rings is 3. The maximum atomic E-state index is 12.8. The van der Waals surface area contributed by atoms with E-state index in [1.807, 2.05) is 48.5 Å². The van der Waals surface area contributed by atoms with E-state index < -0.39 is 11.7 Å². The van der Waals surface area contributed by atoms with Crippen molar-refractivity contribution in [2.45, 2.75) is 6.18 Å². The van der Waals surface area contributed by atoms with Gasteiger partial charge in [-0.15, -0.1) is 0 Å². The van der Waals surface area contributed by atoms with Crippen molar-refractivity contribution < 1.29 is 17.6 Å². The van der Waals surface area contributed by atoms with Gasteiger partial charge in [0.25, 0.3) is 0 Å². The summed E-state index contributed by atoms with van der Waals surface area (Å²) in [4.78, 5) is 4.48. The predicted octanol–water partition coefficient (Wildman–Crippen LogP) is 6.18. The fourth-order valence-electron chi connectivity index (χ4n) is 2.75. The number of hydrogen-bond acceptors (Lipinski definition) is 2. The summed E-state index contributed by atoms with van der Waals surface area (Å²) >= 11 is 0. The van der Waals surface area contributed by atoms with Crippen LogP contribution < -0.4 is 0 Å². The van der Waals surface area contributed by atoms with E-state index in [4.69, 9.17) is 4.42 Å².